The van der Waals surface area contributed by atoms with Crippen LogP contribution in [0.1, 0.15) is 34.6 Å². The Morgan fingerprint density at radius 2 is 1.25 bits per heavy atom. The Hall–Kier alpha value is -1.16. The van der Waals surface area contributed by atoms with E-state index in [0.29, 0.717) is 18.4 Å². The van der Waals surface area contributed by atoms with Crippen LogP contribution in [0.5, 0.6) is 11.5 Å². The zero-order valence-electron chi connectivity index (χ0n) is 14.6. The minimum absolute atomic E-state index is 0.00929. The molecule has 0 bridgehead atoms. The molecule has 28 heavy (non-hydrogen) atoms. The average molecular weight is 648 g/mol. The molecule has 2 aromatic rings. The summed E-state index contributed by atoms with van der Waals surface area (Å²) in [7, 11) is 0. The van der Waals surface area contributed by atoms with Crippen molar-refractivity contribution < 1.29 is 29.3 Å². The van der Waals surface area contributed by atoms with E-state index in [-0.39, 0.29) is 35.8 Å². The molecular weight excluding hydrogens is 634 g/mol. The topological polar surface area (TPSA) is 119 Å². The standard InChI is InChI=1S/C16H14Br2N2O6Se2/c1-3-25-15(23)7-5-9(17)19-13(11(7)21)27-28-14-12(22)8(6-10(18)20-14)16(24)26-4-2/h5-6,21-22H,3-4H2,1-2H3. The first kappa shape index (κ1) is 23.1. The molecule has 2 heterocycles. The van der Waals surface area contributed by atoms with Crippen LogP contribution in [0.25, 0.3) is 0 Å². The van der Waals surface area contributed by atoms with Crippen LogP contribution in [0.4, 0.5) is 0 Å². The summed E-state index contributed by atoms with van der Waals surface area (Å²) in [5, 5.41) is 20.8. The molecule has 12 heteroatoms. The van der Waals surface area contributed by atoms with E-state index in [1.54, 1.807) is 13.8 Å². The SMILES string of the molecule is CCOC(=O)c1cc(Br)nc([Se][Se]c2nc(Br)cc(C(=O)OCC)c2O)c1O. The number of carbonyl (C=O) groups is 2. The number of carbonyl (C=O) groups excluding carboxylic acids is 2. The number of aromatic hydroxyl groups is 2. The van der Waals surface area contributed by atoms with Gasteiger partial charge in [0.05, 0.1) is 0 Å². The molecule has 2 rings (SSSR count). The van der Waals surface area contributed by atoms with E-state index in [1.165, 1.54) is 12.1 Å². The number of rotatable bonds is 7. The van der Waals surface area contributed by atoms with Crippen LogP contribution in [0.3, 0.4) is 0 Å². The zero-order chi connectivity index (χ0) is 20.8. The molecule has 0 spiro atoms. The average Bonchev–Trinajstić information content (AvgIpc) is 2.64. The molecule has 2 aromatic heterocycles. The van der Waals surface area contributed by atoms with Gasteiger partial charge in [-0.05, 0) is 0 Å². The molecule has 0 aliphatic heterocycles. The molecule has 8 nitrogen and oxygen atoms in total. The first-order valence-corrected chi connectivity index (χ1v) is 15.4. The van der Waals surface area contributed by atoms with Crippen molar-refractivity contribution in [3.63, 3.8) is 0 Å². The predicted octanol–water partition coefficient (Wildman–Crippen LogP) is 1.04. The number of pyridine rings is 2. The van der Waals surface area contributed by atoms with Crippen LogP contribution in [0.15, 0.2) is 21.3 Å². The van der Waals surface area contributed by atoms with Gasteiger partial charge in [0.1, 0.15) is 0 Å². The normalized spacial score (nSPS) is 10.6. The Balaban J connectivity index is 2.32. The fourth-order valence-electron chi connectivity index (χ4n) is 1.89. The van der Waals surface area contributed by atoms with Gasteiger partial charge in [0.15, 0.2) is 0 Å². The second-order valence-corrected chi connectivity index (χ2v) is 12.5. The monoisotopic (exact) mass is 648 g/mol. The van der Waals surface area contributed by atoms with Gasteiger partial charge in [-0.2, -0.15) is 0 Å². The fraction of sp³-hybridized carbons (Fsp3) is 0.250. The molecule has 0 aliphatic rings. The van der Waals surface area contributed by atoms with E-state index in [1.807, 2.05) is 0 Å². The summed E-state index contributed by atoms with van der Waals surface area (Å²) < 4.78 is 11.2. The molecule has 0 fully saturated rings. The van der Waals surface area contributed by atoms with Crippen LogP contribution in [-0.2, 0) is 9.47 Å². The number of esters is 2. The summed E-state index contributed by atoms with van der Waals surface area (Å²) in [6.07, 6.45) is 0. The second kappa shape index (κ2) is 10.6. The number of hydrogen-bond acceptors (Lipinski definition) is 8. The number of halogens is 2. The van der Waals surface area contributed by atoms with Gasteiger partial charge in [-0.3, -0.25) is 0 Å². The van der Waals surface area contributed by atoms with E-state index < -0.39 is 38.2 Å². The molecule has 0 saturated heterocycles. The van der Waals surface area contributed by atoms with Crippen molar-refractivity contribution in [2.24, 2.45) is 0 Å². The quantitative estimate of drug-likeness (QED) is 0.260. The van der Waals surface area contributed by atoms with E-state index in [2.05, 4.69) is 41.8 Å². The third kappa shape index (κ3) is 5.68. The Labute approximate surface area is 188 Å². The molecule has 0 aromatic carbocycles. The molecule has 0 amide bonds. The number of ether oxygens (including phenoxy) is 2. The van der Waals surface area contributed by atoms with Crippen molar-refractivity contribution in [2.75, 3.05) is 13.2 Å². The minimum atomic E-state index is -0.652. The summed E-state index contributed by atoms with van der Waals surface area (Å²) in [6.45, 7) is 3.69. The van der Waals surface area contributed by atoms with Crippen LogP contribution >= 0.6 is 31.9 Å². The Bertz CT molecular complexity index is 840. The summed E-state index contributed by atoms with van der Waals surface area (Å²) in [4.78, 5) is 32.4. The van der Waals surface area contributed by atoms with E-state index in [9.17, 15) is 19.8 Å². The van der Waals surface area contributed by atoms with Crippen LogP contribution in [0.2, 0.25) is 0 Å². The molecule has 150 valence electrons. The van der Waals surface area contributed by atoms with Crippen molar-refractivity contribution in [3.05, 3.63) is 32.5 Å². The Morgan fingerprint density at radius 1 is 0.893 bits per heavy atom. The van der Waals surface area contributed by atoms with Crippen molar-refractivity contribution in [3.8, 4) is 11.5 Å². The first-order valence-electron chi connectivity index (χ1n) is 7.76. The van der Waals surface area contributed by atoms with Gasteiger partial charge < -0.3 is 0 Å². The Kier molecular flexibility index (Phi) is 8.73. The summed E-state index contributed by atoms with van der Waals surface area (Å²) in [6, 6.07) is 2.77. The molecule has 2 N–H and O–H groups in total. The fourth-order valence-corrected chi connectivity index (χ4v) is 9.18. The van der Waals surface area contributed by atoms with Gasteiger partial charge in [0, 0.05) is 0 Å². The van der Waals surface area contributed by atoms with Crippen LogP contribution in [-0.4, -0.2) is 71.6 Å². The van der Waals surface area contributed by atoms with Crippen LogP contribution in [0, 0.1) is 0 Å². The second-order valence-electron chi connectivity index (χ2n) is 4.90. The van der Waals surface area contributed by atoms with Crippen molar-refractivity contribution in [1.29, 1.82) is 0 Å². The van der Waals surface area contributed by atoms with Gasteiger partial charge in [-0.25, -0.2) is 0 Å². The van der Waals surface area contributed by atoms with Crippen molar-refractivity contribution in [2.45, 2.75) is 13.8 Å². The van der Waals surface area contributed by atoms with E-state index in [0.717, 1.165) is 0 Å². The van der Waals surface area contributed by atoms with E-state index in [4.69, 9.17) is 9.47 Å². The molecule has 0 atom stereocenters. The zero-order valence-corrected chi connectivity index (χ0v) is 21.2. The maximum absolute atomic E-state index is 12.0. The molecule has 0 unspecified atom stereocenters. The predicted molar refractivity (Wildman–Crippen MR) is 110 cm³/mol. The summed E-state index contributed by atoms with van der Waals surface area (Å²) in [5.41, 5.74) is 0.0186. The number of aromatic nitrogens is 2. The third-order valence-corrected chi connectivity index (χ3v) is 10.2. The van der Waals surface area contributed by atoms with Gasteiger partial charge in [-0.15, -0.1) is 0 Å². The van der Waals surface area contributed by atoms with E-state index >= 15 is 0 Å². The van der Waals surface area contributed by atoms with Gasteiger partial charge in [0.2, 0.25) is 0 Å². The molecule has 0 aliphatic carbocycles. The summed E-state index contributed by atoms with van der Waals surface area (Å²) in [5.74, 6) is -1.83. The van der Waals surface area contributed by atoms with Gasteiger partial charge in [0.25, 0.3) is 0 Å². The van der Waals surface area contributed by atoms with Crippen molar-refractivity contribution in [1.82, 2.24) is 9.97 Å². The Morgan fingerprint density at radius 3 is 1.57 bits per heavy atom. The molecule has 0 saturated carbocycles. The third-order valence-electron chi connectivity index (χ3n) is 3.05. The molecule has 0 radical (unpaired) electrons. The maximum atomic E-state index is 12.0. The summed E-state index contributed by atoms with van der Waals surface area (Å²) >= 11 is 5.55. The first-order chi connectivity index (χ1) is 13.3. The van der Waals surface area contributed by atoms with Gasteiger partial charge in [-0.1, -0.05) is 0 Å². The number of nitrogens with zero attached hydrogens (tertiary/aromatic N) is 2. The van der Waals surface area contributed by atoms with Gasteiger partial charge >= 0.3 is 190 Å². The van der Waals surface area contributed by atoms with Crippen LogP contribution < -0.4 is 9.18 Å². The van der Waals surface area contributed by atoms with Crippen molar-refractivity contribution >= 4 is 79.2 Å². The molecular formula is C16H14Br2N2O6Se2. The number of hydrogen-bond donors (Lipinski definition) is 2.